The predicted octanol–water partition coefficient (Wildman–Crippen LogP) is 2.57. The van der Waals surface area contributed by atoms with Crippen molar-refractivity contribution in [2.75, 3.05) is 6.54 Å². The van der Waals surface area contributed by atoms with E-state index in [4.69, 9.17) is 10.1 Å². The fraction of sp³-hybridized carbons (Fsp3) is 0.640. The van der Waals surface area contributed by atoms with Crippen molar-refractivity contribution >= 4 is 17.8 Å². The maximum absolute atomic E-state index is 13.2. The Bertz CT molecular complexity index is 937. The molecule has 4 N–H and O–H groups in total. The first-order valence-corrected chi connectivity index (χ1v) is 12.0. The van der Waals surface area contributed by atoms with Gasteiger partial charge in [0.25, 0.3) is 0 Å². The summed E-state index contributed by atoms with van der Waals surface area (Å²) in [4.78, 5) is 27.6. The van der Waals surface area contributed by atoms with E-state index in [0.29, 0.717) is 18.7 Å². The zero-order valence-electron chi connectivity index (χ0n) is 20.1. The number of guanidine groups is 1. The van der Waals surface area contributed by atoms with Gasteiger partial charge in [-0.25, -0.2) is 0 Å². The molecule has 8 nitrogen and oxygen atoms in total. The first-order valence-electron chi connectivity index (χ1n) is 12.0. The second kappa shape index (κ2) is 8.31. The third kappa shape index (κ3) is 4.09. The summed E-state index contributed by atoms with van der Waals surface area (Å²) in [5.41, 5.74) is -0.432. The van der Waals surface area contributed by atoms with Gasteiger partial charge in [0.15, 0.2) is 5.96 Å². The lowest BCUT2D eigenvalue weighted by Gasteiger charge is -2.42. The minimum atomic E-state index is -0.902. The van der Waals surface area contributed by atoms with Gasteiger partial charge in [-0.05, 0) is 44.6 Å². The van der Waals surface area contributed by atoms with Crippen LogP contribution in [0.15, 0.2) is 24.3 Å². The summed E-state index contributed by atoms with van der Waals surface area (Å²) in [5, 5.41) is 25.6. The zero-order chi connectivity index (χ0) is 24.1. The lowest BCUT2D eigenvalue weighted by Crippen LogP contribution is -2.62. The number of fused-ring (bicyclic) bond motifs is 1. The fourth-order valence-corrected chi connectivity index (χ4v) is 5.36. The maximum atomic E-state index is 13.2. The minimum absolute atomic E-state index is 0.0212. The van der Waals surface area contributed by atoms with Crippen LogP contribution in [0, 0.1) is 23.2 Å². The number of aliphatic hydroxyl groups is 1. The van der Waals surface area contributed by atoms with E-state index in [0.717, 1.165) is 18.4 Å². The third-order valence-electron chi connectivity index (χ3n) is 8.01. The molecule has 0 bridgehead atoms. The Hall–Kier alpha value is -2.61. The van der Waals surface area contributed by atoms with Gasteiger partial charge in [0.05, 0.1) is 12.5 Å². The number of hydrogen-bond acceptors (Lipinski definition) is 5. The van der Waals surface area contributed by atoms with Crippen molar-refractivity contribution < 1.29 is 19.4 Å². The van der Waals surface area contributed by atoms with Gasteiger partial charge in [0.2, 0.25) is 11.8 Å². The zero-order valence-corrected chi connectivity index (χ0v) is 20.1. The Morgan fingerprint density at radius 3 is 2.61 bits per heavy atom. The lowest BCUT2D eigenvalue weighted by molar-refractivity contribution is -0.132. The van der Waals surface area contributed by atoms with Crippen LogP contribution in [0.5, 0.6) is 5.75 Å². The minimum Gasteiger partial charge on any atom is -0.485 e. The van der Waals surface area contributed by atoms with Crippen LogP contribution in [-0.2, 0) is 9.59 Å². The standard InChI is InChI=1S/C25H36N4O4/c1-6-25(7-2)12-18(30)29(23(26)28-25)13-16-14(3)19(16)22(32)27-20-15-10-8-9-11-17(15)33-24(4,5)21(20)31/h8-11,14,16,19-21,31H,6-7,12-13H2,1-5H3,(H2,26,28)(H,27,32)/t14?,16-,19-,20-,21+/m1/s1. The van der Waals surface area contributed by atoms with Gasteiger partial charge in [-0.15, -0.1) is 0 Å². The molecular formula is C25H36N4O4. The Kier molecular flexibility index (Phi) is 5.93. The van der Waals surface area contributed by atoms with Crippen molar-refractivity contribution in [2.24, 2.45) is 17.8 Å². The number of benzene rings is 1. The van der Waals surface area contributed by atoms with E-state index in [9.17, 15) is 14.7 Å². The summed E-state index contributed by atoms with van der Waals surface area (Å²) in [6, 6.07) is 6.87. The van der Waals surface area contributed by atoms with Gasteiger partial charge in [0.1, 0.15) is 17.5 Å². The molecule has 2 aliphatic heterocycles. The van der Waals surface area contributed by atoms with Gasteiger partial charge in [-0.1, -0.05) is 39.0 Å². The topological polar surface area (TPSA) is 115 Å². The molecule has 0 radical (unpaired) electrons. The first kappa shape index (κ1) is 23.5. The van der Waals surface area contributed by atoms with Crippen LogP contribution in [-0.4, -0.2) is 51.6 Å². The van der Waals surface area contributed by atoms with Crippen molar-refractivity contribution in [2.45, 2.75) is 77.2 Å². The Morgan fingerprint density at radius 2 is 1.97 bits per heavy atom. The fourth-order valence-electron chi connectivity index (χ4n) is 5.36. The number of nitrogens with one attached hydrogen (secondary N) is 3. The smallest absolute Gasteiger partial charge is 0.231 e. The van der Waals surface area contributed by atoms with Crippen molar-refractivity contribution in [3.05, 3.63) is 29.8 Å². The van der Waals surface area contributed by atoms with Gasteiger partial charge in [-0.2, -0.15) is 0 Å². The van der Waals surface area contributed by atoms with Gasteiger partial charge in [-0.3, -0.25) is 19.9 Å². The van der Waals surface area contributed by atoms with Gasteiger partial charge >= 0.3 is 0 Å². The van der Waals surface area contributed by atoms with Gasteiger partial charge in [0, 0.05) is 23.6 Å². The number of nitrogens with zero attached hydrogens (tertiary/aromatic N) is 1. The highest BCUT2D eigenvalue weighted by atomic mass is 16.5. The molecule has 33 heavy (non-hydrogen) atoms. The number of hydrogen-bond donors (Lipinski definition) is 4. The molecule has 2 fully saturated rings. The highest BCUT2D eigenvalue weighted by Gasteiger charge is 2.55. The van der Waals surface area contributed by atoms with Crippen LogP contribution < -0.4 is 15.4 Å². The van der Waals surface area contributed by atoms with Gasteiger partial charge < -0.3 is 20.5 Å². The molecule has 0 aromatic heterocycles. The van der Waals surface area contributed by atoms with Crippen LogP contribution in [0.1, 0.15) is 65.5 Å². The molecule has 0 spiro atoms. The second-order valence-electron chi connectivity index (χ2n) is 10.4. The van der Waals surface area contributed by atoms with Crippen molar-refractivity contribution in [3.8, 4) is 5.75 Å². The number of aliphatic hydroxyl groups excluding tert-OH is 1. The van der Waals surface area contributed by atoms with Crippen LogP contribution in [0.25, 0.3) is 0 Å². The number of carbonyl (C=O) groups is 2. The monoisotopic (exact) mass is 456 g/mol. The summed E-state index contributed by atoms with van der Waals surface area (Å²) in [6.07, 6.45) is 1.02. The molecular weight excluding hydrogens is 420 g/mol. The van der Waals surface area contributed by atoms with E-state index in [-0.39, 0.29) is 41.1 Å². The average molecular weight is 457 g/mol. The molecule has 180 valence electrons. The van der Waals surface area contributed by atoms with Crippen LogP contribution in [0.4, 0.5) is 0 Å². The molecule has 1 saturated carbocycles. The summed E-state index contributed by atoms with van der Waals surface area (Å²) in [6.45, 7) is 10.0. The molecule has 1 aliphatic carbocycles. The molecule has 2 heterocycles. The van der Waals surface area contributed by atoms with Crippen molar-refractivity contribution in [3.63, 3.8) is 0 Å². The molecule has 2 amide bonds. The normalized spacial score (nSPS) is 31.8. The molecule has 4 rings (SSSR count). The van der Waals surface area contributed by atoms with E-state index in [1.54, 1.807) is 0 Å². The highest BCUT2D eigenvalue weighted by Crippen LogP contribution is 2.48. The van der Waals surface area contributed by atoms with Crippen LogP contribution in [0.2, 0.25) is 0 Å². The molecule has 1 aromatic rings. The second-order valence-corrected chi connectivity index (χ2v) is 10.4. The molecule has 5 atom stereocenters. The van der Waals surface area contributed by atoms with Crippen LogP contribution in [0.3, 0.4) is 0 Å². The van der Waals surface area contributed by atoms with E-state index in [2.05, 4.69) is 10.6 Å². The molecule has 1 unspecified atom stereocenters. The summed E-state index contributed by atoms with van der Waals surface area (Å²) in [5.74, 6) is 0.401. The molecule has 8 heteroatoms. The summed E-state index contributed by atoms with van der Waals surface area (Å²) < 4.78 is 5.95. The van der Waals surface area contributed by atoms with E-state index < -0.39 is 17.7 Å². The third-order valence-corrected chi connectivity index (χ3v) is 8.01. The molecule has 1 saturated heterocycles. The van der Waals surface area contributed by atoms with Crippen LogP contribution >= 0.6 is 0 Å². The van der Waals surface area contributed by atoms with Crippen molar-refractivity contribution in [1.29, 1.82) is 5.41 Å². The van der Waals surface area contributed by atoms with E-state index in [1.165, 1.54) is 4.90 Å². The summed E-state index contributed by atoms with van der Waals surface area (Å²) in [7, 11) is 0. The summed E-state index contributed by atoms with van der Waals surface area (Å²) >= 11 is 0. The average Bonchev–Trinajstić information content (AvgIpc) is 3.42. The number of carbonyl (C=O) groups excluding carboxylic acids is 2. The Balaban J connectivity index is 1.44. The highest BCUT2D eigenvalue weighted by molar-refractivity contribution is 5.99. The quantitative estimate of drug-likeness (QED) is 0.525. The molecule has 1 aromatic carbocycles. The Labute approximate surface area is 195 Å². The van der Waals surface area contributed by atoms with Crippen molar-refractivity contribution in [1.82, 2.24) is 15.5 Å². The number of amides is 2. The van der Waals surface area contributed by atoms with E-state index >= 15 is 0 Å². The SMILES string of the molecule is CCC1(CC)CC(=O)N(C[C@@H]2C(C)[C@H]2C(=O)N[C@@H]2c3ccccc3OC(C)(C)[C@H]2O)C(=N)N1. The van der Waals surface area contributed by atoms with E-state index in [1.807, 2.05) is 58.9 Å². The largest absolute Gasteiger partial charge is 0.485 e. The number of para-hydroxylation sites is 1. The molecule has 3 aliphatic rings. The number of rotatable bonds is 6. The predicted molar refractivity (Wildman–Crippen MR) is 125 cm³/mol. The first-order chi connectivity index (χ1) is 15.5. The number of ether oxygens (including phenoxy) is 1. The lowest BCUT2D eigenvalue weighted by atomic mass is 9.86. The Morgan fingerprint density at radius 1 is 1.30 bits per heavy atom. The maximum Gasteiger partial charge on any atom is 0.231 e.